The highest BCUT2D eigenvalue weighted by Crippen LogP contribution is 2.15. The van der Waals surface area contributed by atoms with Crippen molar-refractivity contribution in [3.05, 3.63) is 0 Å². The molecule has 2 N–H and O–H groups in total. The molecule has 16 heavy (non-hydrogen) atoms. The highest BCUT2D eigenvalue weighted by Gasteiger charge is 2.24. The first-order chi connectivity index (χ1) is 7.58. The molecule has 0 fully saturated rings. The molecule has 0 aromatic rings. The monoisotopic (exact) mass is 232 g/mol. The van der Waals surface area contributed by atoms with Crippen molar-refractivity contribution >= 4 is 5.97 Å². The Morgan fingerprint density at radius 2 is 1.81 bits per heavy atom. The first-order valence-corrected chi connectivity index (χ1v) is 5.95. The number of hydrogen-bond acceptors (Lipinski definition) is 4. The summed E-state index contributed by atoms with van der Waals surface area (Å²) in [4.78, 5) is 11.3. The van der Waals surface area contributed by atoms with Gasteiger partial charge in [-0.1, -0.05) is 33.1 Å². The molecule has 0 aliphatic carbocycles. The molecule has 0 saturated heterocycles. The van der Waals surface area contributed by atoms with Gasteiger partial charge in [0.2, 0.25) is 0 Å². The van der Waals surface area contributed by atoms with E-state index in [-0.39, 0.29) is 25.8 Å². The summed E-state index contributed by atoms with van der Waals surface area (Å²) in [5.74, 6) is -0.246. The Morgan fingerprint density at radius 1 is 1.19 bits per heavy atom. The van der Waals surface area contributed by atoms with Gasteiger partial charge in [-0.15, -0.1) is 0 Å². The van der Waals surface area contributed by atoms with E-state index in [9.17, 15) is 4.79 Å². The van der Waals surface area contributed by atoms with Crippen molar-refractivity contribution < 1.29 is 19.7 Å². The minimum atomic E-state index is -0.723. The average Bonchev–Trinajstić information content (AvgIpc) is 2.31. The molecule has 0 amide bonds. The number of carbonyl (C=O) groups excluding carboxylic acids is 1. The van der Waals surface area contributed by atoms with E-state index in [2.05, 4.69) is 6.92 Å². The van der Waals surface area contributed by atoms with Gasteiger partial charge in [0.15, 0.2) is 0 Å². The van der Waals surface area contributed by atoms with Crippen LogP contribution in [-0.4, -0.2) is 36.0 Å². The quantitative estimate of drug-likeness (QED) is 0.467. The third kappa shape index (κ3) is 6.80. The molecule has 0 radical (unpaired) electrons. The number of carbonyl (C=O) groups is 1. The van der Waals surface area contributed by atoms with Gasteiger partial charge < -0.3 is 14.9 Å². The minimum Gasteiger partial charge on any atom is -0.465 e. The summed E-state index contributed by atoms with van der Waals surface area (Å²) >= 11 is 0. The Kier molecular flexibility index (Phi) is 8.21. The Balaban J connectivity index is 3.64. The lowest BCUT2D eigenvalue weighted by molar-refractivity contribution is -0.149. The summed E-state index contributed by atoms with van der Waals surface area (Å²) in [5, 5.41) is 18.0. The van der Waals surface area contributed by atoms with E-state index in [1.165, 1.54) is 0 Å². The number of hydrogen-bond donors (Lipinski definition) is 2. The third-order valence-corrected chi connectivity index (χ3v) is 2.58. The smallest absolute Gasteiger partial charge is 0.305 e. The molecule has 96 valence electrons. The van der Waals surface area contributed by atoms with Crippen molar-refractivity contribution in [2.75, 3.05) is 19.8 Å². The number of aliphatic hydroxyl groups is 2. The van der Waals surface area contributed by atoms with Crippen molar-refractivity contribution in [2.45, 2.75) is 46.0 Å². The van der Waals surface area contributed by atoms with Gasteiger partial charge in [0.25, 0.3) is 0 Å². The standard InChI is InChI=1S/C12H24O4/c1-3-4-5-6-7-11(15)16-10-12(2,8-13)9-14/h13-14H,3-10H2,1-2H3. The Labute approximate surface area is 97.6 Å². The molecule has 0 heterocycles. The van der Waals surface area contributed by atoms with E-state index in [4.69, 9.17) is 14.9 Å². The molecule has 4 nitrogen and oxygen atoms in total. The van der Waals surface area contributed by atoms with Crippen LogP contribution in [0.3, 0.4) is 0 Å². The topological polar surface area (TPSA) is 66.8 Å². The van der Waals surface area contributed by atoms with Crippen molar-refractivity contribution in [2.24, 2.45) is 5.41 Å². The van der Waals surface area contributed by atoms with Gasteiger partial charge in [0, 0.05) is 11.8 Å². The Hall–Kier alpha value is -0.610. The van der Waals surface area contributed by atoms with Gasteiger partial charge in [-0.25, -0.2) is 0 Å². The Bertz CT molecular complexity index is 187. The minimum absolute atomic E-state index is 0.0760. The lowest BCUT2D eigenvalue weighted by Crippen LogP contribution is -2.32. The normalized spacial score (nSPS) is 11.5. The predicted octanol–water partition coefficient (Wildman–Crippen LogP) is 1.49. The van der Waals surface area contributed by atoms with Crippen LogP contribution in [0.15, 0.2) is 0 Å². The second-order valence-corrected chi connectivity index (χ2v) is 4.60. The summed E-state index contributed by atoms with van der Waals surface area (Å²) in [5.41, 5.74) is -0.723. The highest BCUT2D eigenvalue weighted by molar-refractivity contribution is 5.69. The fraction of sp³-hybridized carbons (Fsp3) is 0.917. The number of aliphatic hydroxyl groups excluding tert-OH is 2. The molecule has 0 rings (SSSR count). The summed E-state index contributed by atoms with van der Waals surface area (Å²) in [7, 11) is 0. The van der Waals surface area contributed by atoms with Gasteiger partial charge in [-0.3, -0.25) is 4.79 Å². The zero-order valence-electron chi connectivity index (χ0n) is 10.4. The molecule has 0 aliphatic rings. The number of unbranched alkanes of at least 4 members (excludes halogenated alkanes) is 3. The zero-order chi connectivity index (χ0) is 12.4. The fourth-order valence-corrected chi connectivity index (χ4v) is 1.16. The van der Waals surface area contributed by atoms with Crippen molar-refractivity contribution in [3.8, 4) is 0 Å². The molecule has 0 bridgehead atoms. The van der Waals surface area contributed by atoms with E-state index in [0.29, 0.717) is 6.42 Å². The SMILES string of the molecule is CCCCCCC(=O)OCC(C)(CO)CO. The molecule has 0 saturated carbocycles. The van der Waals surface area contributed by atoms with Gasteiger partial charge >= 0.3 is 5.97 Å². The lowest BCUT2D eigenvalue weighted by Gasteiger charge is -2.23. The predicted molar refractivity (Wildman–Crippen MR) is 62.0 cm³/mol. The van der Waals surface area contributed by atoms with E-state index < -0.39 is 5.41 Å². The molecular formula is C12H24O4. The molecular weight excluding hydrogens is 208 g/mol. The highest BCUT2D eigenvalue weighted by atomic mass is 16.5. The van der Waals surface area contributed by atoms with Gasteiger partial charge in [-0.2, -0.15) is 0 Å². The number of rotatable bonds is 9. The van der Waals surface area contributed by atoms with Crippen molar-refractivity contribution in [1.82, 2.24) is 0 Å². The number of esters is 1. The molecule has 0 unspecified atom stereocenters. The maximum atomic E-state index is 11.3. The van der Waals surface area contributed by atoms with Gasteiger partial charge in [0.1, 0.15) is 6.61 Å². The molecule has 0 spiro atoms. The number of ether oxygens (including phenoxy) is 1. The maximum Gasteiger partial charge on any atom is 0.305 e. The van der Waals surface area contributed by atoms with Crippen molar-refractivity contribution in [3.63, 3.8) is 0 Å². The maximum absolute atomic E-state index is 11.3. The molecule has 4 heteroatoms. The first kappa shape index (κ1) is 15.4. The zero-order valence-corrected chi connectivity index (χ0v) is 10.4. The van der Waals surface area contributed by atoms with Gasteiger partial charge in [0.05, 0.1) is 13.2 Å². The second kappa shape index (κ2) is 8.53. The second-order valence-electron chi connectivity index (χ2n) is 4.60. The van der Waals surface area contributed by atoms with E-state index >= 15 is 0 Å². The van der Waals surface area contributed by atoms with Gasteiger partial charge in [-0.05, 0) is 6.42 Å². The van der Waals surface area contributed by atoms with Crippen LogP contribution in [0, 0.1) is 5.41 Å². The van der Waals surface area contributed by atoms with Crippen LogP contribution in [0.5, 0.6) is 0 Å². The Morgan fingerprint density at radius 3 is 2.31 bits per heavy atom. The van der Waals surface area contributed by atoms with Crippen molar-refractivity contribution in [1.29, 1.82) is 0 Å². The van der Waals surface area contributed by atoms with Crippen LogP contribution in [-0.2, 0) is 9.53 Å². The molecule has 0 aromatic heterocycles. The summed E-state index contributed by atoms with van der Waals surface area (Å²) in [6.07, 6.45) is 4.60. The summed E-state index contributed by atoms with van der Waals surface area (Å²) in [6, 6.07) is 0. The average molecular weight is 232 g/mol. The van der Waals surface area contributed by atoms with Crippen LogP contribution in [0.25, 0.3) is 0 Å². The largest absolute Gasteiger partial charge is 0.465 e. The summed E-state index contributed by atoms with van der Waals surface area (Å²) < 4.78 is 5.01. The lowest BCUT2D eigenvalue weighted by atomic mass is 9.94. The van der Waals surface area contributed by atoms with Crippen LogP contribution in [0.2, 0.25) is 0 Å². The third-order valence-electron chi connectivity index (χ3n) is 2.58. The molecule has 0 atom stereocenters. The van der Waals surface area contributed by atoms with Crippen LogP contribution >= 0.6 is 0 Å². The van der Waals surface area contributed by atoms with E-state index in [1.54, 1.807) is 6.92 Å². The van der Waals surface area contributed by atoms with Crippen LogP contribution in [0.4, 0.5) is 0 Å². The summed E-state index contributed by atoms with van der Waals surface area (Å²) in [6.45, 7) is 3.50. The first-order valence-electron chi connectivity index (χ1n) is 5.95. The molecule has 0 aromatic carbocycles. The van der Waals surface area contributed by atoms with Crippen LogP contribution < -0.4 is 0 Å². The van der Waals surface area contributed by atoms with E-state index in [1.807, 2.05) is 0 Å². The van der Waals surface area contributed by atoms with E-state index in [0.717, 1.165) is 25.7 Å². The fourth-order valence-electron chi connectivity index (χ4n) is 1.16. The molecule has 0 aliphatic heterocycles. The van der Waals surface area contributed by atoms with Crippen LogP contribution in [0.1, 0.15) is 46.0 Å².